The molecule has 0 bridgehead atoms. The van der Waals surface area contributed by atoms with E-state index < -0.39 is 17.8 Å². The third-order valence-electron chi connectivity index (χ3n) is 7.94. The highest BCUT2D eigenvalue weighted by Gasteiger charge is 2.46. The number of halogens is 1. The number of H-pyrrole nitrogens is 1. The molecule has 6 rings (SSSR count). The average molecular weight is 496 g/mol. The van der Waals surface area contributed by atoms with Crippen molar-refractivity contribution in [3.8, 4) is 0 Å². The summed E-state index contributed by atoms with van der Waals surface area (Å²) in [5.74, 6) is -1.35. The molecule has 1 aliphatic heterocycles. The zero-order chi connectivity index (χ0) is 25.5. The van der Waals surface area contributed by atoms with Gasteiger partial charge in [-0.1, -0.05) is 61.7 Å². The Kier molecular flexibility index (Phi) is 6.03. The minimum absolute atomic E-state index is 0.114. The highest BCUT2D eigenvalue weighted by Crippen LogP contribution is 2.45. The van der Waals surface area contributed by atoms with E-state index >= 15 is 0 Å². The molecule has 1 N–H and O–H groups in total. The van der Waals surface area contributed by atoms with E-state index in [0.717, 1.165) is 53.4 Å². The molecule has 1 saturated carbocycles. The van der Waals surface area contributed by atoms with Crippen molar-refractivity contribution in [2.75, 3.05) is 9.80 Å². The zero-order valence-electron chi connectivity index (χ0n) is 20.9. The van der Waals surface area contributed by atoms with Crippen molar-refractivity contribution >= 4 is 34.1 Å². The van der Waals surface area contributed by atoms with Crippen molar-refractivity contribution in [1.82, 2.24) is 4.98 Å². The van der Waals surface area contributed by atoms with Gasteiger partial charge in [-0.2, -0.15) is 0 Å². The molecule has 2 atom stereocenters. The Hall–Kier alpha value is -3.93. The molecule has 2 aliphatic rings. The number of aromatic nitrogens is 1. The molecule has 37 heavy (non-hydrogen) atoms. The number of rotatable bonds is 5. The largest absolute Gasteiger partial charge is 0.361 e. The molecule has 0 spiro atoms. The van der Waals surface area contributed by atoms with Gasteiger partial charge in [-0.05, 0) is 55.7 Å². The van der Waals surface area contributed by atoms with E-state index in [-0.39, 0.29) is 17.9 Å². The second kappa shape index (κ2) is 9.51. The maximum Gasteiger partial charge on any atom is 0.255 e. The van der Waals surface area contributed by atoms with Gasteiger partial charge in [-0.3, -0.25) is 14.5 Å². The summed E-state index contributed by atoms with van der Waals surface area (Å²) >= 11 is 0. The molecule has 0 saturated heterocycles. The molecule has 2 heterocycles. The van der Waals surface area contributed by atoms with Gasteiger partial charge in [0.25, 0.3) is 5.91 Å². The van der Waals surface area contributed by atoms with Gasteiger partial charge in [0.2, 0.25) is 5.91 Å². The lowest BCUT2D eigenvalue weighted by Crippen LogP contribution is -2.46. The fourth-order valence-corrected chi connectivity index (χ4v) is 6.11. The van der Waals surface area contributed by atoms with Crippen molar-refractivity contribution in [2.24, 2.45) is 0 Å². The van der Waals surface area contributed by atoms with Gasteiger partial charge < -0.3 is 9.88 Å². The minimum Gasteiger partial charge on any atom is -0.361 e. The Labute approximate surface area is 215 Å². The molecule has 6 heteroatoms. The topological polar surface area (TPSA) is 56.4 Å². The lowest BCUT2D eigenvalue weighted by molar-refractivity contribution is -0.125. The standard InChI is InChI=1S/C31H30FN3O2/c1-20(26-19-33-27-16-7-5-14-24(26)27)30(36)35(23-13-9-10-21(32)18-23)29-25-15-6-8-17-28(25)34(31(29)37)22-11-3-2-4-12-22/h5-10,13-20,22,29,33H,2-4,11-12H2,1H3. The number of fused-ring (bicyclic) bond motifs is 2. The van der Waals surface area contributed by atoms with E-state index in [1.54, 1.807) is 12.1 Å². The molecule has 2 unspecified atom stereocenters. The Morgan fingerprint density at radius 3 is 2.57 bits per heavy atom. The molecular weight excluding hydrogens is 465 g/mol. The first-order valence-corrected chi connectivity index (χ1v) is 13.1. The number of para-hydroxylation sites is 2. The number of amides is 2. The van der Waals surface area contributed by atoms with Crippen molar-refractivity contribution in [2.45, 2.75) is 57.0 Å². The molecular formula is C31H30FN3O2. The summed E-state index contributed by atoms with van der Waals surface area (Å²) in [6.07, 6.45) is 7.12. The molecule has 2 amide bonds. The summed E-state index contributed by atoms with van der Waals surface area (Å²) in [6.45, 7) is 1.86. The van der Waals surface area contributed by atoms with E-state index in [4.69, 9.17) is 0 Å². The molecule has 1 aromatic heterocycles. The number of nitrogens with zero attached hydrogens (tertiary/aromatic N) is 2. The van der Waals surface area contributed by atoms with Crippen LogP contribution in [0.3, 0.4) is 0 Å². The van der Waals surface area contributed by atoms with E-state index in [1.807, 2.05) is 66.6 Å². The van der Waals surface area contributed by atoms with Gasteiger partial charge in [-0.15, -0.1) is 0 Å². The highest BCUT2D eigenvalue weighted by atomic mass is 19.1. The number of benzene rings is 3. The summed E-state index contributed by atoms with van der Waals surface area (Å²) in [4.78, 5) is 35.2. The van der Waals surface area contributed by atoms with Crippen molar-refractivity contribution < 1.29 is 14.0 Å². The molecule has 4 aromatic rings. The van der Waals surface area contributed by atoms with Crippen LogP contribution in [0.1, 0.15) is 62.1 Å². The monoisotopic (exact) mass is 495 g/mol. The molecule has 1 aliphatic carbocycles. The smallest absolute Gasteiger partial charge is 0.255 e. The fourth-order valence-electron chi connectivity index (χ4n) is 6.11. The van der Waals surface area contributed by atoms with Crippen LogP contribution in [0.2, 0.25) is 0 Å². The Morgan fingerprint density at radius 2 is 1.76 bits per heavy atom. The first kappa shape index (κ1) is 23.5. The van der Waals surface area contributed by atoms with E-state index in [1.165, 1.54) is 23.5 Å². The first-order valence-electron chi connectivity index (χ1n) is 13.1. The van der Waals surface area contributed by atoms with Crippen molar-refractivity contribution in [3.63, 3.8) is 0 Å². The quantitative estimate of drug-likeness (QED) is 0.329. The second-order valence-corrected chi connectivity index (χ2v) is 10.2. The third-order valence-corrected chi connectivity index (χ3v) is 7.94. The van der Waals surface area contributed by atoms with Crippen LogP contribution in [-0.4, -0.2) is 22.8 Å². The third kappa shape index (κ3) is 4.01. The van der Waals surface area contributed by atoms with Crippen LogP contribution in [0.5, 0.6) is 0 Å². The van der Waals surface area contributed by atoms with Gasteiger partial charge in [0.05, 0.1) is 5.92 Å². The van der Waals surface area contributed by atoms with E-state index in [0.29, 0.717) is 5.69 Å². The average Bonchev–Trinajstić information content (AvgIpc) is 3.48. The van der Waals surface area contributed by atoms with Crippen LogP contribution in [0, 0.1) is 5.82 Å². The fraction of sp³-hybridized carbons (Fsp3) is 0.290. The van der Waals surface area contributed by atoms with Crippen molar-refractivity contribution in [1.29, 1.82) is 0 Å². The van der Waals surface area contributed by atoms with Crippen molar-refractivity contribution in [3.05, 3.63) is 95.9 Å². The molecule has 0 radical (unpaired) electrons. The molecule has 1 fully saturated rings. The van der Waals surface area contributed by atoms with E-state index in [2.05, 4.69) is 4.98 Å². The summed E-state index contributed by atoms with van der Waals surface area (Å²) in [6, 6.07) is 20.9. The predicted molar refractivity (Wildman–Crippen MR) is 144 cm³/mol. The van der Waals surface area contributed by atoms with Crippen LogP contribution in [0.15, 0.2) is 79.0 Å². The number of aromatic amines is 1. The van der Waals surface area contributed by atoms with Crippen LogP contribution in [-0.2, 0) is 9.59 Å². The molecule has 5 nitrogen and oxygen atoms in total. The SMILES string of the molecule is CC(C(=O)N(c1cccc(F)c1)C1C(=O)N(C2CCCCC2)c2ccccc21)c1c[nH]c2ccccc12. The highest BCUT2D eigenvalue weighted by molar-refractivity contribution is 6.13. The minimum atomic E-state index is -0.847. The second-order valence-electron chi connectivity index (χ2n) is 10.2. The van der Waals surface area contributed by atoms with Crippen LogP contribution in [0.25, 0.3) is 10.9 Å². The Bertz CT molecular complexity index is 1470. The Morgan fingerprint density at radius 1 is 1.00 bits per heavy atom. The van der Waals surface area contributed by atoms with Crippen LogP contribution < -0.4 is 9.80 Å². The molecule has 3 aromatic carbocycles. The summed E-state index contributed by atoms with van der Waals surface area (Å²) < 4.78 is 14.5. The number of carbonyl (C=O) groups excluding carboxylic acids is 2. The van der Waals surface area contributed by atoms with Crippen LogP contribution in [0.4, 0.5) is 15.8 Å². The number of hydrogen-bond donors (Lipinski definition) is 1. The number of carbonyl (C=O) groups is 2. The zero-order valence-corrected chi connectivity index (χ0v) is 20.9. The number of nitrogens with one attached hydrogen (secondary N) is 1. The van der Waals surface area contributed by atoms with Gasteiger partial charge >= 0.3 is 0 Å². The van der Waals surface area contributed by atoms with Gasteiger partial charge in [-0.25, -0.2) is 4.39 Å². The van der Waals surface area contributed by atoms with Crippen LogP contribution >= 0.6 is 0 Å². The maximum absolute atomic E-state index is 14.5. The Balaban J connectivity index is 1.46. The molecule has 188 valence electrons. The summed E-state index contributed by atoms with van der Waals surface area (Å²) in [5.41, 5.74) is 3.83. The summed E-state index contributed by atoms with van der Waals surface area (Å²) in [5, 5.41) is 0.963. The number of hydrogen-bond acceptors (Lipinski definition) is 2. The lowest BCUT2D eigenvalue weighted by atomic mass is 9.94. The van der Waals surface area contributed by atoms with Gasteiger partial charge in [0, 0.05) is 40.1 Å². The lowest BCUT2D eigenvalue weighted by Gasteiger charge is -2.34. The number of anilines is 2. The van der Waals surface area contributed by atoms with Gasteiger partial charge in [0.15, 0.2) is 0 Å². The summed E-state index contributed by atoms with van der Waals surface area (Å²) in [7, 11) is 0. The van der Waals surface area contributed by atoms with E-state index in [9.17, 15) is 14.0 Å². The van der Waals surface area contributed by atoms with Gasteiger partial charge in [0.1, 0.15) is 11.9 Å². The maximum atomic E-state index is 14.5. The predicted octanol–water partition coefficient (Wildman–Crippen LogP) is 6.86. The first-order chi connectivity index (χ1) is 18.0. The normalized spacial score (nSPS) is 18.7.